The van der Waals surface area contributed by atoms with Crippen molar-refractivity contribution in [2.45, 2.75) is 32.9 Å². The Labute approximate surface area is 181 Å². The second-order valence-corrected chi connectivity index (χ2v) is 7.56. The lowest BCUT2D eigenvalue weighted by molar-refractivity contribution is -0.129. The highest BCUT2D eigenvalue weighted by Crippen LogP contribution is 2.19. The van der Waals surface area contributed by atoms with E-state index in [2.05, 4.69) is 25.8 Å². The number of methoxy groups -OCH3 is 1. The maximum absolute atomic E-state index is 12.9. The predicted octanol–water partition coefficient (Wildman–Crippen LogP) is 3.00. The summed E-state index contributed by atoms with van der Waals surface area (Å²) < 4.78 is 5.16. The number of benzene rings is 2. The Morgan fingerprint density at radius 2 is 1.77 bits per heavy atom. The van der Waals surface area contributed by atoms with Gasteiger partial charge in [0.05, 0.1) is 13.7 Å². The third-order valence-electron chi connectivity index (χ3n) is 4.60. The van der Waals surface area contributed by atoms with Crippen molar-refractivity contribution in [3.63, 3.8) is 0 Å². The van der Waals surface area contributed by atoms with Crippen molar-refractivity contribution in [3.8, 4) is 17.1 Å². The van der Waals surface area contributed by atoms with Crippen molar-refractivity contribution in [2.24, 2.45) is 5.92 Å². The molecule has 2 aromatic carbocycles. The van der Waals surface area contributed by atoms with E-state index in [0.29, 0.717) is 23.6 Å². The van der Waals surface area contributed by atoms with Crippen LogP contribution in [-0.4, -0.2) is 34.1 Å². The molecule has 0 aliphatic carbocycles. The molecule has 162 valence electrons. The van der Waals surface area contributed by atoms with Crippen LogP contribution < -0.4 is 15.4 Å². The molecule has 3 N–H and O–H groups in total. The molecule has 0 saturated heterocycles. The maximum Gasteiger partial charge on any atom is 0.247 e. The molecule has 0 aliphatic rings. The van der Waals surface area contributed by atoms with E-state index < -0.39 is 6.04 Å². The maximum atomic E-state index is 12.9. The number of carbonyl (C=O) groups excluding carboxylic acids is 2. The number of hydrogen-bond acceptors (Lipinski definition) is 5. The first kappa shape index (κ1) is 22.0. The van der Waals surface area contributed by atoms with Gasteiger partial charge in [0, 0.05) is 12.0 Å². The fraction of sp³-hybridized carbons (Fsp3) is 0.304. The molecular weight excluding hydrogens is 394 g/mol. The summed E-state index contributed by atoms with van der Waals surface area (Å²) in [5.74, 6) is 1.51. The van der Waals surface area contributed by atoms with Crippen LogP contribution in [0.3, 0.4) is 0 Å². The average Bonchev–Trinajstić information content (AvgIpc) is 3.25. The van der Waals surface area contributed by atoms with Gasteiger partial charge < -0.3 is 15.4 Å². The zero-order valence-corrected chi connectivity index (χ0v) is 17.9. The first-order valence-corrected chi connectivity index (χ1v) is 10.1. The van der Waals surface area contributed by atoms with Gasteiger partial charge >= 0.3 is 0 Å². The van der Waals surface area contributed by atoms with Crippen LogP contribution >= 0.6 is 0 Å². The summed E-state index contributed by atoms with van der Waals surface area (Å²) in [6.45, 7) is 4.08. The van der Waals surface area contributed by atoms with Crippen molar-refractivity contribution in [3.05, 3.63) is 66.0 Å². The van der Waals surface area contributed by atoms with E-state index in [-0.39, 0.29) is 24.3 Å². The fourth-order valence-electron chi connectivity index (χ4n) is 3.05. The smallest absolute Gasteiger partial charge is 0.247 e. The topological polar surface area (TPSA) is 109 Å². The Balaban J connectivity index is 1.66. The van der Waals surface area contributed by atoms with Gasteiger partial charge in [0.1, 0.15) is 17.6 Å². The highest BCUT2D eigenvalue weighted by Gasteiger charge is 2.23. The van der Waals surface area contributed by atoms with Crippen LogP contribution in [-0.2, 0) is 16.1 Å². The standard InChI is InChI=1S/C23H27N5O3/c1-15(2)13-20(29)26-21(16-7-5-4-6-8-16)23(30)24-14-19-25-22(28-27-19)17-9-11-18(31-3)12-10-17/h4-12,15,21H,13-14H2,1-3H3,(H,24,30)(H,26,29)(H,25,27,28). The lowest BCUT2D eigenvalue weighted by atomic mass is 10.0. The van der Waals surface area contributed by atoms with E-state index in [4.69, 9.17) is 4.74 Å². The van der Waals surface area contributed by atoms with Gasteiger partial charge in [0.25, 0.3) is 0 Å². The molecule has 0 saturated carbocycles. The predicted molar refractivity (Wildman–Crippen MR) is 117 cm³/mol. The molecule has 0 aliphatic heterocycles. The molecule has 0 bridgehead atoms. The number of H-pyrrole nitrogens is 1. The zero-order chi connectivity index (χ0) is 22.2. The van der Waals surface area contributed by atoms with Gasteiger partial charge in [-0.05, 0) is 35.7 Å². The van der Waals surface area contributed by atoms with E-state index in [1.54, 1.807) is 7.11 Å². The van der Waals surface area contributed by atoms with Crippen molar-refractivity contribution in [1.82, 2.24) is 25.8 Å². The van der Waals surface area contributed by atoms with E-state index in [1.807, 2.05) is 68.4 Å². The summed E-state index contributed by atoms with van der Waals surface area (Å²) in [6.07, 6.45) is 0.351. The van der Waals surface area contributed by atoms with Crippen molar-refractivity contribution >= 4 is 11.8 Å². The summed E-state index contributed by atoms with van der Waals surface area (Å²) in [6, 6.07) is 15.8. The summed E-state index contributed by atoms with van der Waals surface area (Å²) >= 11 is 0. The van der Waals surface area contributed by atoms with Gasteiger partial charge in [-0.3, -0.25) is 14.7 Å². The van der Waals surface area contributed by atoms with E-state index in [1.165, 1.54) is 0 Å². The molecule has 1 aromatic heterocycles. The molecule has 0 fully saturated rings. The Morgan fingerprint density at radius 3 is 2.42 bits per heavy atom. The van der Waals surface area contributed by atoms with Crippen molar-refractivity contribution in [1.29, 1.82) is 0 Å². The third-order valence-corrected chi connectivity index (χ3v) is 4.60. The first-order chi connectivity index (χ1) is 15.0. The summed E-state index contributed by atoms with van der Waals surface area (Å²) in [5, 5.41) is 12.7. The molecule has 1 heterocycles. The summed E-state index contributed by atoms with van der Waals surface area (Å²) in [7, 11) is 1.61. The van der Waals surface area contributed by atoms with Gasteiger partial charge in [0.2, 0.25) is 11.8 Å². The monoisotopic (exact) mass is 421 g/mol. The van der Waals surface area contributed by atoms with Crippen molar-refractivity contribution < 1.29 is 14.3 Å². The highest BCUT2D eigenvalue weighted by atomic mass is 16.5. The van der Waals surface area contributed by atoms with Crippen LogP contribution in [0.15, 0.2) is 54.6 Å². The number of nitrogens with zero attached hydrogens (tertiary/aromatic N) is 2. The van der Waals surface area contributed by atoms with Gasteiger partial charge in [-0.2, -0.15) is 5.10 Å². The van der Waals surface area contributed by atoms with E-state index in [0.717, 1.165) is 11.3 Å². The lowest BCUT2D eigenvalue weighted by Crippen LogP contribution is -2.40. The summed E-state index contributed by atoms with van der Waals surface area (Å²) in [4.78, 5) is 29.6. The number of rotatable bonds is 9. The second-order valence-electron chi connectivity index (χ2n) is 7.56. The Morgan fingerprint density at radius 1 is 1.06 bits per heavy atom. The minimum atomic E-state index is -0.781. The Hall–Kier alpha value is -3.68. The third kappa shape index (κ3) is 6.15. The Bertz CT molecular complexity index is 1000. The second kappa shape index (κ2) is 10.4. The number of nitrogens with one attached hydrogen (secondary N) is 3. The highest BCUT2D eigenvalue weighted by molar-refractivity contribution is 5.88. The number of aromatic nitrogens is 3. The number of carbonyl (C=O) groups is 2. The molecule has 0 radical (unpaired) electrons. The van der Waals surface area contributed by atoms with Gasteiger partial charge in [-0.1, -0.05) is 44.2 Å². The molecule has 2 amide bonds. The van der Waals surface area contributed by atoms with Crippen LogP contribution in [0.1, 0.15) is 37.7 Å². The lowest BCUT2D eigenvalue weighted by Gasteiger charge is -2.19. The molecule has 3 rings (SSSR count). The minimum Gasteiger partial charge on any atom is -0.497 e. The van der Waals surface area contributed by atoms with Gasteiger partial charge in [-0.25, -0.2) is 4.98 Å². The zero-order valence-electron chi connectivity index (χ0n) is 17.9. The van der Waals surface area contributed by atoms with Gasteiger partial charge in [-0.15, -0.1) is 0 Å². The minimum absolute atomic E-state index is 0.158. The van der Waals surface area contributed by atoms with Crippen LogP contribution in [0.4, 0.5) is 0 Å². The Kier molecular flexibility index (Phi) is 7.37. The molecule has 31 heavy (non-hydrogen) atoms. The molecule has 1 unspecified atom stereocenters. The van der Waals surface area contributed by atoms with Crippen LogP contribution in [0.5, 0.6) is 5.75 Å². The summed E-state index contributed by atoms with van der Waals surface area (Å²) in [5.41, 5.74) is 1.55. The normalized spacial score (nSPS) is 11.7. The quantitative estimate of drug-likeness (QED) is 0.492. The molecule has 1 atom stereocenters. The number of amides is 2. The van der Waals surface area contributed by atoms with E-state index >= 15 is 0 Å². The molecule has 8 heteroatoms. The largest absolute Gasteiger partial charge is 0.497 e. The average molecular weight is 422 g/mol. The first-order valence-electron chi connectivity index (χ1n) is 10.1. The van der Waals surface area contributed by atoms with Crippen LogP contribution in [0.25, 0.3) is 11.4 Å². The van der Waals surface area contributed by atoms with Crippen LogP contribution in [0.2, 0.25) is 0 Å². The molecular formula is C23H27N5O3. The van der Waals surface area contributed by atoms with Gasteiger partial charge in [0.15, 0.2) is 5.82 Å². The van der Waals surface area contributed by atoms with Crippen molar-refractivity contribution in [2.75, 3.05) is 7.11 Å². The molecule has 8 nitrogen and oxygen atoms in total. The number of hydrogen-bond donors (Lipinski definition) is 3. The van der Waals surface area contributed by atoms with E-state index in [9.17, 15) is 9.59 Å². The molecule has 0 spiro atoms. The SMILES string of the molecule is COc1ccc(-c2n[nH]c(CNC(=O)C(NC(=O)CC(C)C)c3ccccc3)n2)cc1. The fourth-order valence-corrected chi connectivity index (χ4v) is 3.05. The van der Waals surface area contributed by atoms with Crippen LogP contribution in [0, 0.1) is 5.92 Å². The number of ether oxygens (including phenoxy) is 1. The molecule has 3 aromatic rings. The number of aromatic amines is 1.